The number of likely N-dealkylation sites (N-methyl/N-ethyl adjacent to an activating group) is 1. The highest BCUT2D eigenvalue weighted by Gasteiger charge is 2.15. The fourth-order valence-electron chi connectivity index (χ4n) is 1.99. The Kier molecular flexibility index (Phi) is 3.31. The topological polar surface area (TPSA) is 82.5 Å². The highest BCUT2D eigenvalue weighted by molar-refractivity contribution is 5.75. The van der Waals surface area contributed by atoms with Crippen molar-refractivity contribution in [3.8, 4) is 22.8 Å². The second-order valence-corrected chi connectivity index (χ2v) is 4.46. The summed E-state index contributed by atoms with van der Waals surface area (Å²) in [6.07, 6.45) is 0. The maximum absolute atomic E-state index is 11.7. The van der Waals surface area contributed by atoms with Gasteiger partial charge in [0, 0.05) is 18.7 Å². The van der Waals surface area contributed by atoms with Crippen molar-refractivity contribution in [2.24, 2.45) is 0 Å². The van der Waals surface area contributed by atoms with E-state index < -0.39 is 0 Å². The third-order valence-corrected chi connectivity index (χ3v) is 3.11. The lowest BCUT2D eigenvalue weighted by atomic mass is 10.1. The fourth-order valence-corrected chi connectivity index (χ4v) is 1.99. The Hall–Kier alpha value is -2.83. The van der Waals surface area contributed by atoms with E-state index in [-0.39, 0.29) is 24.8 Å². The predicted octanol–water partition coefficient (Wildman–Crippen LogP) is 0.385. The van der Waals surface area contributed by atoms with Crippen molar-refractivity contribution < 1.29 is 14.3 Å². The Labute approximate surface area is 120 Å². The minimum absolute atomic E-state index is 0.117. The highest BCUT2D eigenvalue weighted by Crippen LogP contribution is 2.35. The van der Waals surface area contributed by atoms with Crippen molar-refractivity contribution in [1.82, 2.24) is 15.1 Å². The molecule has 3 rings (SSSR count). The molecule has 1 aliphatic rings. The van der Waals surface area contributed by atoms with Crippen LogP contribution in [0.2, 0.25) is 0 Å². The zero-order valence-electron chi connectivity index (χ0n) is 11.3. The molecule has 0 unspecified atom stereocenters. The van der Waals surface area contributed by atoms with Crippen LogP contribution >= 0.6 is 0 Å². The number of amides is 1. The number of rotatable bonds is 3. The van der Waals surface area contributed by atoms with Crippen molar-refractivity contribution in [3.63, 3.8) is 0 Å². The molecular formula is C14H13N3O4. The average Bonchev–Trinajstić information content (AvgIpc) is 2.96. The van der Waals surface area contributed by atoms with Gasteiger partial charge in [-0.25, -0.2) is 4.68 Å². The van der Waals surface area contributed by atoms with Gasteiger partial charge in [0.15, 0.2) is 11.5 Å². The molecule has 0 bridgehead atoms. The first kappa shape index (κ1) is 13.2. The Morgan fingerprint density at radius 3 is 2.90 bits per heavy atom. The van der Waals surface area contributed by atoms with Gasteiger partial charge in [0.05, 0.1) is 5.69 Å². The first-order valence-corrected chi connectivity index (χ1v) is 6.36. The van der Waals surface area contributed by atoms with Crippen molar-refractivity contribution in [2.75, 3.05) is 13.8 Å². The monoisotopic (exact) mass is 287 g/mol. The van der Waals surface area contributed by atoms with E-state index in [1.165, 1.54) is 13.1 Å². The van der Waals surface area contributed by atoms with Crippen molar-refractivity contribution in [3.05, 3.63) is 40.7 Å². The number of benzene rings is 1. The summed E-state index contributed by atoms with van der Waals surface area (Å²) in [7, 11) is 1.51. The van der Waals surface area contributed by atoms with Crippen molar-refractivity contribution >= 4 is 5.91 Å². The number of nitrogens with one attached hydrogen (secondary N) is 1. The molecule has 2 heterocycles. The number of fused-ring (bicyclic) bond motifs is 1. The van der Waals surface area contributed by atoms with Gasteiger partial charge in [-0.3, -0.25) is 9.59 Å². The molecule has 108 valence electrons. The molecule has 1 amide bonds. The van der Waals surface area contributed by atoms with Crippen LogP contribution in [-0.4, -0.2) is 29.5 Å². The minimum Gasteiger partial charge on any atom is -0.454 e. The third-order valence-electron chi connectivity index (χ3n) is 3.11. The van der Waals surface area contributed by atoms with Crippen LogP contribution in [0.3, 0.4) is 0 Å². The molecule has 1 aliphatic heterocycles. The first-order valence-electron chi connectivity index (χ1n) is 6.36. The van der Waals surface area contributed by atoms with Crippen LogP contribution < -0.4 is 20.3 Å². The molecule has 0 atom stereocenters. The van der Waals surface area contributed by atoms with E-state index in [9.17, 15) is 9.59 Å². The maximum Gasteiger partial charge on any atom is 0.267 e. The normalized spacial score (nSPS) is 12.2. The van der Waals surface area contributed by atoms with Gasteiger partial charge in [-0.1, -0.05) is 0 Å². The lowest BCUT2D eigenvalue weighted by molar-refractivity contribution is -0.121. The van der Waals surface area contributed by atoms with Crippen molar-refractivity contribution in [1.29, 1.82) is 0 Å². The molecule has 0 fully saturated rings. The molecule has 7 nitrogen and oxygen atoms in total. The molecule has 0 spiro atoms. The van der Waals surface area contributed by atoms with Crippen LogP contribution in [0.25, 0.3) is 11.3 Å². The number of carbonyl (C=O) groups is 1. The summed E-state index contributed by atoms with van der Waals surface area (Å²) in [5.74, 6) is 1.03. The van der Waals surface area contributed by atoms with Crippen LogP contribution in [0, 0.1) is 0 Å². The highest BCUT2D eigenvalue weighted by atomic mass is 16.7. The van der Waals surface area contributed by atoms with Gasteiger partial charge in [0.1, 0.15) is 6.54 Å². The molecule has 0 radical (unpaired) electrons. The minimum atomic E-state index is -0.330. The zero-order valence-corrected chi connectivity index (χ0v) is 11.3. The van der Waals surface area contributed by atoms with E-state index in [1.807, 2.05) is 6.07 Å². The molecular weight excluding hydrogens is 274 g/mol. The van der Waals surface area contributed by atoms with Gasteiger partial charge in [0.2, 0.25) is 12.7 Å². The van der Waals surface area contributed by atoms with Gasteiger partial charge >= 0.3 is 0 Å². The molecule has 0 saturated heterocycles. The van der Waals surface area contributed by atoms with E-state index in [0.29, 0.717) is 17.2 Å². The van der Waals surface area contributed by atoms with Gasteiger partial charge < -0.3 is 14.8 Å². The predicted molar refractivity (Wildman–Crippen MR) is 74.1 cm³/mol. The van der Waals surface area contributed by atoms with Crippen LogP contribution in [0.5, 0.6) is 11.5 Å². The van der Waals surface area contributed by atoms with E-state index in [2.05, 4.69) is 10.4 Å². The molecule has 1 aromatic heterocycles. The third kappa shape index (κ3) is 2.58. The van der Waals surface area contributed by atoms with E-state index in [4.69, 9.17) is 9.47 Å². The number of carbonyl (C=O) groups excluding carboxylic acids is 1. The second kappa shape index (κ2) is 5.28. The molecule has 2 aromatic rings. The summed E-state index contributed by atoms with van der Waals surface area (Å²) in [5, 5.41) is 6.66. The molecule has 1 aromatic carbocycles. The molecule has 7 heteroatoms. The van der Waals surface area contributed by atoms with Gasteiger partial charge in [0.25, 0.3) is 5.56 Å². The summed E-state index contributed by atoms with van der Waals surface area (Å²) in [6, 6.07) is 8.40. The number of aromatic nitrogens is 2. The van der Waals surface area contributed by atoms with Crippen LogP contribution in [0.15, 0.2) is 35.1 Å². The lowest BCUT2D eigenvalue weighted by Crippen LogP contribution is -2.31. The fraction of sp³-hybridized carbons (Fsp3) is 0.214. The molecule has 0 aliphatic carbocycles. The Bertz CT molecular complexity index is 754. The first-order chi connectivity index (χ1) is 10.2. The quantitative estimate of drug-likeness (QED) is 0.882. The number of hydrogen-bond acceptors (Lipinski definition) is 5. The lowest BCUT2D eigenvalue weighted by Gasteiger charge is -2.07. The van der Waals surface area contributed by atoms with E-state index in [0.717, 1.165) is 10.2 Å². The SMILES string of the molecule is CNC(=O)Cn1nc(-c2ccc3c(c2)OCO3)ccc1=O. The van der Waals surface area contributed by atoms with Gasteiger partial charge in [-0.15, -0.1) is 0 Å². The Morgan fingerprint density at radius 2 is 2.10 bits per heavy atom. The zero-order chi connectivity index (χ0) is 14.8. The van der Waals surface area contributed by atoms with Crippen molar-refractivity contribution in [2.45, 2.75) is 6.54 Å². The summed E-state index contributed by atoms with van der Waals surface area (Å²) < 4.78 is 11.7. The summed E-state index contributed by atoms with van der Waals surface area (Å²) in [6.45, 7) is 0.0795. The van der Waals surface area contributed by atoms with Crippen LogP contribution in [0.4, 0.5) is 0 Å². The maximum atomic E-state index is 11.7. The Morgan fingerprint density at radius 1 is 1.29 bits per heavy atom. The molecule has 21 heavy (non-hydrogen) atoms. The Balaban J connectivity index is 1.97. The van der Waals surface area contributed by atoms with E-state index in [1.54, 1.807) is 18.2 Å². The van der Waals surface area contributed by atoms with Crippen LogP contribution in [0.1, 0.15) is 0 Å². The average molecular weight is 287 g/mol. The second-order valence-electron chi connectivity index (χ2n) is 4.46. The number of ether oxygens (including phenoxy) is 2. The van der Waals surface area contributed by atoms with E-state index >= 15 is 0 Å². The summed E-state index contributed by atoms with van der Waals surface area (Å²) in [5.41, 5.74) is 1.03. The smallest absolute Gasteiger partial charge is 0.267 e. The van der Waals surface area contributed by atoms with Gasteiger partial charge in [-0.05, 0) is 24.3 Å². The number of nitrogens with zero attached hydrogens (tertiary/aromatic N) is 2. The van der Waals surface area contributed by atoms with Gasteiger partial charge in [-0.2, -0.15) is 5.10 Å². The number of hydrogen-bond donors (Lipinski definition) is 1. The summed E-state index contributed by atoms with van der Waals surface area (Å²) in [4.78, 5) is 23.1. The largest absolute Gasteiger partial charge is 0.454 e. The standard InChI is InChI=1S/C14H13N3O4/c1-15-13(18)7-17-14(19)5-3-10(16-17)9-2-4-11-12(6-9)21-8-20-11/h2-6H,7-8H2,1H3,(H,15,18). The summed E-state index contributed by atoms with van der Waals surface area (Å²) >= 11 is 0. The van der Waals surface area contributed by atoms with Crippen LogP contribution in [-0.2, 0) is 11.3 Å². The molecule has 0 saturated carbocycles. The molecule has 1 N–H and O–H groups in total.